The molecule has 1 aromatic heterocycles. The monoisotopic (exact) mass is 239 g/mol. The number of nitrogens with zero attached hydrogens (tertiary/aromatic N) is 1. The Hall–Kier alpha value is -0.960. The van der Waals surface area contributed by atoms with E-state index in [1.54, 1.807) is 19.2 Å². The van der Waals surface area contributed by atoms with Crippen LogP contribution in [-0.4, -0.2) is 4.98 Å². The highest BCUT2D eigenvalue weighted by Gasteiger charge is 2.06. The van der Waals surface area contributed by atoms with Gasteiger partial charge in [-0.05, 0) is 40.5 Å². The summed E-state index contributed by atoms with van der Waals surface area (Å²) >= 11 is 3.28. The molecule has 0 aliphatic carbocycles. The lowest BCUT2D eigenvalue weighted by Gasteiger charge is -2.03. The molecule has 0 spiro atoms. The van der Waals surface area contributed by atoms with E-state index in [-0.39, 0.29) is 5.82 Å². The SMILES string of the molecule is Cc1c(F)cc(Br)c2ncccc12. The molecule has 0 radical (unpaired) electrons. The van der Waals surface area contributed by atoms with Gasteiger partial charge >= 0.3 is 0 Å². The Bertz CT molecular complexity index is 468. The summed E-state index contributed by atoms with van der Waals surface area (Å²) in [4.78, 5) is 4.17. The first-order chi connectivity index (χ1) is 6.20. The second-order valence-electron chi connectivity index (χ2n) is 2.86. The third-order valence-electron chi connectivity index (χ3n) is 2.05. The number of pyridine rings is 1. The highest BCUT2D eigenvalue weighted by molar-refractivity contribution is 9.10. The van der Waals surface area contributed by atoms with Crippen molar-refractivity contribution in [3.05, 3.63) is 40.2 Å². The molecule has 0 N–H and O–H groups in total. The van der Waals surface area contributed by atoms with Gasteiger partial charge in [0.05, 0.1) is 5.52 Å². The lowest BCUT2D eigenvalue weighted by atomic mass is 10.1. The summed E-state index contributed by atoms with van der Waals surface area (Å²) in [5.41, 5.74) is 1.45. The van der Waals surface area contributed by atoms with Gasteiger partial charge in [0.2, 0.25) is 0 Å². The van der Waals surface area contributed by atoms with Crippen molar-refractivity contribution in [2.24, 2.45) is 0 Å². The Morgan fingerprint density at radius 2 is 2.23 bits per heavy atom. The number of aromatic nitrogens is 1. The van der Waals surface area contributed by atoms with Crippen LogP contribution in [0.1, 0.15) is 5.56 Å². The fourth-order valence-corrected chi connectivity index (χ4v) is 1.83. The van der Waals surface area contributed by atoms with Gasteiger partial charge in [0.15, 0.2) is 0 Å². The van der Waals surface area contributed by atoms with Crippen molar-refractivity contribution in [1.29, 1.82) is 0 Å². The number of benzene rings is 1. The summed E-state index contributed by atoms with van der Waals surface area (Å²) < 4.78 is 14.0. The van der Waals surface area contributed by atoms with Gasteiger partial charge < -0.3 is 0 Å². The molecule has 13 heavy (non-hydrogen) atoms. The van der Waals surface area contributed by atoms with Gasteiger partial charge in [-0.3, -0.25) is 4.98 Å². The van der Waals surface area contributed by atoms with Crippen LogP contribution in [0.5, 0.6) is 0 Å². The van der Waals surface area contributed by atoms with Gasteiger partial charge in [-0.1, -0.05) is 6.07 Å². The van der Waals surface area contributed by atoms with Crippen LogP contribution in [0, 0.1) is 12.7 Å². The van der Waals surface area contributed by atoms with Crippen LogP contribution in [-0.2, 0) is 0 Å². The van der Waals surface area contributed by atoms with Gasteiger partial charge in [0, 0.05) is 16.1 Å². The molecule has 1 heterocycles. The minimum Gasteiger partial charge on any atom is -0.255 e. The highest BCUT2D eigenvalue weighted by Crippen LogP contribution is 2.26. The van der Waals surface area contributed by atoms with E-state index >= 15 is 0 Å². The zero-order valence-corrected chi connectivity index (χ0v) is 8.60. The predicted octanol–water partition coefficient (Wildman–Crippen LogP) is 3.44. The van der Waals surface area contributed by atoms with Gasteiger partial charge in [-0.25, -0.2) is 4.39 Å². The number of hydrogen-bond donors (Lipinski definition) is 0. The van der Waals surface area contributed by atoms with Crippen LogP contribution < -0.4 is 0 Å². The standard InChI is InChI=1S/C10H7BrFN/c1-6-7-3-2-4-13-10(7)8(11)5-9(6)12/h2-5H,1H3. The Labute approximate surface area is 83.7 Å². The average molecular weight is 240 g/mol. The normalized spacial score (nSPS) is 10.7. The molecule has 0 fully saturated rings. The number of hydrogen-bond acceptors (Lipinski definition) is 1. The van der Waals surface area contributed by atoms with Crippen molar-refractivity contribution in [2.45, 2.75) is 6.92 Å². The van der Waals surface area contributed by atoms with E-state index in [1.807, 2.05) is 6.07 Å². The lowest BCUT2D eigenvalue weighted by Crippen LogP contribution is -1.88. The van der Waals surface area contributed by atoms with Crippen molar-refractivity contribution in [1.82, 2.24) is 4.98 Å². The van der Waals surface area contributed by atoms with Crippen LogP contribution >= 0.6 is 15.9 Å². The van der Waals surface area contributed by atoms with Crippen molar-refractivity contribution >= 4 is 26.8 Å². The molecule has 3 heteroatoms. The number of aryl methyl sites for hydroxylation is 1. The summed E-state index contributed by atoms with van der Waals surface area (Å²) in [5, 5.41) is 0.856. The first-order valence-electron chi connectivity index (χ1n) is 3.89. The smallest absolute Gasteiger partial charge is 0.127 e. The number of halogens is 2. The number of fused-ring (bicyclic) bond motifs is 1. The molecular formula is C10H7BrFN. The average Bonchev–Trinajstić information content (AvgIpc) is 2.15. The fourth-order valence-electron chi connectivity index (χ4n) is 1.31. The summed E-state index contributed by atoms with van der Waals surface area (Å²) in [6.07, 6.45) is 1.70. The first-order valence-corrected chi connectivity index (χ1v) is 4.69. The second kappa shape index (κ2) is 3.07. The quantitative estimate of drug-likeness (QED) is 0.687. The van der Waals surface area contributed by atoms with E-state index in [2.05, 4.69) is 20.9 Å². The maximum Gasteiger partial charge on any atom is 0.127 e. The van der Waals surface area contributed by atoms with E-state index in [1.165, 1.54) is 6.07 Å². The molecule has 0 saturated carbocycles. The number of rotatable bonds is 0. The summed E-state index contributed by atoms with van der Waals surface area (Å²) in [7, 11) is 0. The van der Waals surface area contributed by atoms with Gasteiger partial charge in [0.1, 0.15) is 5.82 Å². The molecule has 2 aromatic rings. The van der Waals surface area contributed by atoms with E-state index < -0.39 is 0 Å². The largest absolute Gasteiger partial charge is 0.255 e. The lowest BCUT2D eigenvalue weighted by molar-refractivity contribution is 0.620. The van der Waals surface area contributed by atoms with Gasteiger partial charge in [0.25, 0.3) is 0 Å². The highest BCUT2D eigenvalue weighted by atomic mass is 79.9. The van der Waals surface area contributed by atoms with Crippen LogP contribution in [0.25, 0.3) is 10.9 Å². The Morgan fingerprint density at radius 3 is 3.00 bits per heavy atom. The molecule has 0 unspecified atom stereocenters. The molecule has 1 aromatic carbocycles. The van der Waals surface area contributed by atoms with Crippen LogP contribution in [0.4, 0.5) is 4.39 Å². The van der Waals surface area contributed by atoms with E-state index in [9.17, 15) is 4.39 Å². The van der Waals surface area contributed by atoms with Crippen molar-refractivity contribution in [3.63, 3.8) is 0 Å². The third kappa shape index (κ3) is 1.33. The molecular weight excluding hydrogens is 233 g/mol. The second-order valence-corrected chi connectivity index (χ2v) is 3.72. The molecule has 0 atom stereocenters. The third-order valence-corrected chi connectivity index (χ3v) is 2.65. The molecule has 66 valence electrons. The fraction of sp³-hybridized carbons (Fsp3) is 0.100. The zero-order chi connectivity index (χ0) is 9.42. The maximum atomic E-state index is 13.3. The van der Waals surface area contributed by atoms with Crippen LogP contribution in [0.3, 0.4) is 0 Å². The minimum absolute atomic E-state index is 0.202. The molecule has 0 saturated heterocycles. The molecule has 0 amide bonds. The van der Waals surface area contributed by atoms with Crippen LogP contribution in [0.2, 0.25) is 0 Å². The molecule has 0 aliphatic rings. The molecule has 0 aliphatic heterocycles. The molecule has 2 rings (SSSR count). The van der Waals surface area contributed by atoms with Gasteiger partial charge in [-0.15, -0.1) is 0 Å². The van der Waals surface area contributed by atoms with Crippen molar-refractivity contribution in [2.75, 3.05) is 0 Å². The maximum absolute atomic E-state index is 13.3. The summed E-state index contributed by atoms with van der Waals surface area (Å²) in [6, 6.07) is 5.12. The van der Waals surface area contributed by atoms with Gasteiger partial charge in [-0.2, -0.15) is 0 Å². The molecule has 1 nitrogen and oxygen atoms in total. The molecule has 0 bridgehead atoms. The Balaban J connectivity index is 2.97. The van der Waals surface area contributed by atoms with Crippen LogP contribution in [0.15, 0.2) is 28.9 Å². The van der Waals surface area contributed by atoms with E-state index in [0.717, 1.165) is 10.9 Å². The topological polar surface area (TPSA) is 12.9 Å². The summed E-state index contributed by atoms with van der Waals surface area (Å²) in [5.74, 6) is -0.202. The van der Waals surface area contributed by atoms with Crippen molar-refractivity contribution in [3.8, 4) is 0 Å². The van der Waals surface area contributed by atoms with E-state index in [4.69, 9.17) is 0 Å². The summed E-state index contributed by atoms with van der Waals surface area (Å²) in [6.45, 7) is 1.76. The Kier molecular flexibility index (Phi) is 2.04. The minimum atomic E-state index is -0.202. The Morgan fingerprint density at radius 1 is 1.46 bits per heavy atom. The van der Waals surface area contributed by atoms with Crippen molar-refractivity contribution < 1.29 is 4.39 Å². The predicted molar refractivity (Wildman–Crippen MR) is 54.1 cm³/mol. The zero-order valence-electron chi connectivity index (χ0n) is 7.01. The first kappa shape index (κ1) is 8.63. The van der Waals surface area contributed by atoms with E-state index in [0.29, 0.717) is 10.0 Å².